The Bertz CT molecular complexity index is 356. The van der Waals surface area contributed by atoms with Crippen molar-refractivity contribution in [3.8, 4) is 0 Å². The summed E-state index contributed by atoms with van der Waals surface area (Å²) >= 11 is 6.07. The summed E-state index contributed by atoms with van der Waals surface area (Å²) in [5.74, 6) is 0. The number of hydrogen-bond acceptors (Lipinski definition) is 3. The Kier molecular flexibility index (Phi) is 3.03. The zero-order valence-corrected chi connectivity index (χ0v) is 9.42. The Morgan fingerprint density at radius 3 is 2.93 bits per heavy atom. The zero-order chi connectivity index (χ0) is 10.8. The Morgan fingerprint density at radius 1 is 1.53 bits per heavy atom. The number of nitrogen functional groups attached to an aromatic ring is 1. The van der Waals surface area contributed by atoms with Crippen LogP contribution >= 0.6 is 11.6 Å². The van der Waals surface area contributed by atoms with E-state index in [0.717, 1.165) is 18.7 Å². The molecule has 0 radical (unpaired) electrons. The lowest BCUT2D eigenvalue weighted by Gasteiger charge is -2.18. The van der Waals surface area contributed by atoms with E-state index in [-0.39, 0.29) is 6.10 Å². The van der Waals surface area contributed by atoms with Crippen LogP contribution in [0, 0.1) is 0 Å². The van der Waals surface area contributed by atoms with Gasteiger partial charge in [0.1, 0.15) is 0 Å². The lowest BCUT2D eigenvalue weighted by molar-refractivity contribution is 0.121. The van der Waals surface area contributed by atoms with Crippen LogP contribution in [0.2, 0.25) is 5.02 Å². The second kappa shape index (κ2) is 4.29. The van der Waals surface area contributed by atoms with Gasteiger partial charge in [-0.1, -0.05) is 11.6 Å². The van der Waals surface area contributed by atoms with Gasteiger partial charge in [0, 0.05) is 12.3 Å². The van der Waals surface area contributed by atoms with E-state index in [2.05, 4.69) is 12.2 Å². The number of nitrogens with two attached hydrogens (primary N) is 1. The fraction of sp³-hybridized carbons (Fsp3) is 0.455. The van der Waals surface area contributed by atoms with Gasteiger partial charge in [-0.05, 0) is 31.5 Å². The third kappa shape index (κ3) is 2.36. The Balaban J connectivity index is 2.10. The van der Waals surface area contributed by atoms with E-state index in [1.807, 2.05) is 12.1 Å². The van der Waals surface area contributed by atoms with Crippen molar-refractivity contribution < 1.29 is 4.74 Å². The Labute approximate surface area is 94.6 Å². The zero-order valence-electron chi connectivity index (χ0n) is 8.66. The molecule has 1 aromatic carbocycles. The fourth-order valence-electron chi connectivity index (χ4n) is 1.77. The number of halogens is 1. The van der Waals surface area contributed by atoms with Crippen molar-refractivity contribution in [2.24, 2.45) is 0 Å². The van der Waals surface area contributed by atoms with Gasteiger partial charge in [-0.3, -0.25) is 0 Å². The summed E-state index contributed by atoms with van der Waals surface area (Å²) in [6.45, 7) is 2.88. The number of ether oxygens (including phenoxy) is 1. The Hall–Kier alpha value is -0.930. The molecule has 0 aliphatic carbocycles. The highest BCUT2D eigenvalue weighted by Gasteiger charge is 2.24. The van der Waals surface area contributed by atoms with Crippen molar-refractivity contribution in [1.29, 1.82) is 0 Å². The minimum Gasteiger partial charge on any atom is -0.399 e. The van der Waals surface area contributed by atoms with Crippen molar-refractivity contribution in [2.45, 2.75) is 25.5 Å². The predicted octanol–water partition coefficient (Wildman–Crippen LogP) is 2.51. The highest BCUT2D eigenvalue weighted by atomic mass is 35.5. The summed E-state index contributed by atoms with van der Waals surface area (Å²) < 4.78 is 5.47. The summed E-state index contributed by atoms with van der Waals surface area (Å²) in [5.41, 5.74) is 7.23. The summed E-state index contributed by atoms with van der Waals surface area (Å²) in [5, 5.41) is 4.03. The minimum atomic E-state index is 0.235. The van der Waals surface area contributed by atoms with Gasteiger partial charge in [0.15, 0.2) is 0 Å². The van der Waals surface area contributed by atoms with Gasteiger partial charge < -0.3 is 15.8 Å². The molecule has 82 valence electrons. The number of hydrogen-bond donors (Lipinski definition) is 2. The average molecular weight is 227 g/mol. The van der Waals surface area contributed by atoms with Crippen LogP contribution in [0.5, 0.6) is 0 Å². The van der Waals surface area contributed by atoms with Crippen molar-refractivity contribution in [2.75, 3.05) is 17.7 Å². The molecule has 0 spiro atoms. The van der Waals surface area contributed by atoms with Gasteiger partial charge in [-0.25, -0.2) is 0 Å². The molecule has 1 aliphatic rings. The molecule has 2 unspecified atom stereocenters. The molecule has 3 N–H and O–H groups in total. The van der Waals surface area contributed by atoms with Crippen LogP contribution in [-0.4, -0.2) is 18.8 Å². The van der Waals surface area contributed by atoms with E-state index < -0.39 is 0 Å². The summed E-state index contributed by atoms with van der Waals surface area (Å²) in [4.78, 5) is 0. The maximum Gasteiger partial charge on any atom is 0.0748 e. The standard InChI is InChI=1S/C11H15ClN2O/c1-7-10(4-5-15-7)14-11-3-2-8(13)6-9(11)12/h2-3,6-7,10,14H,4-5,13H2,1H3. The van der Waals surface area contributed by atoms with Crippen molar-refractivity contribution in [3.05, 3.63) is 23.2 Å². The van der Waals surface area contributed by atoms with E-state index >= 15 is 0 Å². The average Bonchev–Trinajstić information content (AvgIpc) is 2.57. The molecule has 0 amide bonds. The molecule has 1 aromatic rings. The van der Waals surface area contributed by atoms with E-state index in [0.29, 0.717) is 16.8 Å². The van der Waals surface area contributed by atoms with Crippen molar-refractivity contribution in [3.63, 3.8) is 0 Å². The van der Waals surface area contributed by atoms with Gasteiger partial charge in [0.05, 0.1) is 22.9 Å². The monoisotopic (exact) mass is 226 g/mol. The van der Waals surface area contributed by atoms with Gasteiger partial charge in [0.2, 0.25) is 0 Å². The van der Waals surface area contributed by atoms with E-state index in [1.54, 1.807) is 6.07 Å². The minimum absolute atomic E-state index is 0.235. The lowest BCUT2D eigenvalue weighted by atomic mass is 10.1. The molecule has 15 heavy (non-hydrogen) atoms. The second-order valence-electron chi connectivity index (χ2n) is 3.85. The normalized spacial score (nSPS) is 25.5. The quantitative estimate of drug-likeness (QED) is 0.762. The molecule has 0 bridgehead atoms. The third-order valence-electron chi connectivity index (χ3n) is 2.71. The molecule has 4 heteroatoms. The van der Waals surface area contributed by atoms with Crippen molar-refractivity contribution in [1.82, 2.24) is 0 Å². The largest absolute Gasteiger partial charge is 0.399 e. The lowest BCUT2D eigenvalue weighted by Crippen LogP contribution is -2.26. The van der Waals surface area contributed by atoms with Crippen LogP contribution in [0.3, 0.4) is 0 Å². The molecule has 0 saturated carbocycles. The highest BCUT2D eigenvalue weighted by molar-refractivity contribution is 6.33. The van der Waals surface area contributed by atoms with Gasteiger partial charge >= 0.3 is 0 Å². The maximum atomic E-state index is 6.07. The van der Waals surface area contributed by atoms with Crippen LogP contribution in [0.15, 0.2) is 18.2 Å². The van der Waals surface area contributed by atoms with Gasteiger partial charge in [-0.2, -0.15) is 0 Å². The molecule has 1 fully saturated rings. The fourth-order valence-corrected chi connectivity index (χ4v) is 2.01. The van der Waals surface area contributed by atoms with Crippen LogP contribution in [0.4, 0.5) is 11.4 Å². The first kappa shape index (κ1) is 10.6. The first-order valence-corrected chi connectivity index (χ1v) is 5.48. The molecular weight excluding hydrogens is 212 g/mol. The van der Waals surface area contributed by atoms with E-state index in [9.17, 15) is 0 Å². The molecule has 1 saturated heterocycles. The SMILES string of the molecule is CC1OCCC1Nc1ccc(N)cc1Cl. The highest BCUT2D eigenvalue weighted by Crippen LogP contribution is 2.27. The molecule has 1 heterocycles. The topological polar surface area (TPSA) is 47.3 Å². The molecule has 3 nitrogen and oxygen atoms in total. The molecule has 0 aromatic heterocycles. The number of anilines is 2. The van der Waals surface area contributed by atoms with Crippen molar-refractivity contribution >= 4 is 23.0 Å². The van der Waals surface area contributed by atoms with Crippen LogP contribution < -0.4 is 11.1 Å². The summed E-state index contributed by atoms with van der Waals surface area (Å²) in [6, 6.07) is 5.84. The van der Waals surface area contributed by atoms with Crippen LogP contribution in [0.1, 0.15) is 13.3 Å². The molecule has 1 aliphatic heterocycles. The van der Waals surface area contributed by atoms with Crippen LogP contribution in [-0.2, 0) is 4.74 Å². The number of benzene rings is 1. The maximum absolute atomic E-state index is 6.07. The molecule has 2 rings (SSSR count). The molecular formula is C11H15ClN2O. The first-order chi connectivity index (χ1) is 7.16. The van der Waals surface area contributed by atoms with Gasteiger partial charge in [-0.15, -0.1) is 0 Å². The first-order valence-electron chi connectivity index (χ1n) is 5.10. The van der Waals surface area contributed by atoms with Gasteiger partial charge in [0.25, 0.3) is 0 Å². The van der Waals surface area contributed by atoms with E-state index in [1.165, 1.54) is 0 Å². The summed E-state index contributed by atoms with van der Waals surface area (Å²) in [6.07, 6.45) is 1.25. The summed E-state index contributed by atoms with van der Waals surface area (Å²) in [7, 11) is 0. The van der Waals surface area contributed by atoms with Crippen LogP contribution in [0.25, 0.3) is 0 Å². The van der Waals surface area contributed by atoms with E-state index in [4.69, 9.17) is 22.1 Å². The number of nitrogens with one attached hydrogen (secondary N) is 1. The Morgan fingerprint density at radius 2 is 2.33 bits per heavy atom. The predicted molar refractivity (Wildman–Crippen MR) is 63.3 cm³/mol. The smallest absolute Gasteiger partial charge is 0.0748 e. The molecule has 2 atom stereocenters. The number of rotatable bonds is 2. The third-order valence-corrected chi connectivity index (χ3v) is 3.02. The second-order valence-corrected chi connectivity index (χ2v) is 4.26.